The molecule has 112 valence electrons. The van der Waals surface area contributed by atoms with Crippen LogP contribution in [0.5, 0.6) is 5.88 Å². The molecule has 1 heterocycles. The first-order chi connectivity index (χ1) is 9.00. The van der Waals surface area contributed by atoms with E-state index in [0.29, 0.717) is 6.42 Å². The number of hydrogen-bond donors (Lipinski definition) is 1. The Kier molecular flexibility index (Phi) is 4.96. The highest BCUT2D eigenvalue weighted by atomic mass is 32.1. The Labute approximate surface area is 121 Å². The number of rotatable bonds is 4. The summed E-state index contributed by atoms with van der Waals surface area (Å²) in [6.45, 7) is 6.26. The number of pyridine rings is 1. The Morgan fingerprint density at radius 3 is 2.35 bits per heavy atom. The second-order valence-corrected chi connectivity index (χ2v) is 6.01. The number of halogens is 3. The SMILES string of the molecule is CC(C)(C)CCOc1nc(C(F)(F)F)ccc1C(N)=S. The lowest BCUT2D eigenvalue weighted by Gasteiger charge is -2.19. The van der Waals surface area contributed by atoms with E-state index in [1.165, 1.54) is 6.07 Å². The van der Waals surface area contributed by atoms with Gasteiger partial charge in [-0.25, -0.2) is 4.98 Å². The van der Waals surface area contributed by atoms with Crippen LogP contribution >= 0.6 is 12.2 Å². The first-order valence-electron chi connectivity index (χ1n) is 6.01. The molecule has 0 bridgehead atoms. The van der Waals surface area contributed by atoms with Crippen molar-refractivity contribution in [2.45, 2.75) is 33.4 Å². The van der Waals surface area contributed by atoms with Gasteiger partial charge in [0.05, 0.1) is 12.2 Å². The average Bonchev–Trinajstić information content (AvgIpc) is 2.25. The van der Waals surface area contributed by atoms with Gasteiger partial charge in [0.2, 0.25) is 5.88 Å². The van der Waals surface area contributed by atoms with Gasteiger partial charge in [-0.1, -0.05) is 33.0 Å². The number of hydrogen-bond acceptors (Lipinski definition) is 3. The summed E-state index contributed by atoms with van der Waals surface area (Å²) in [5.41, 5.74) is 4.65. The van der Waals surface area contributed by atoms with Crippen LogP contribution in [0.1, 0.15) is 38.4 Å². The van der Waals surface area contributed by atoms with Crippen molar-refractivity contribution in [1.29, 1.82) is 0 Å². The lowest BCUT2D eigenvalue weighted by atomic mass is 9.93. The molecule has 2 N–H and O–H groups in total. The minimum atomic E-state index is -4.53. The maximum atomic E-state index is 12.6. The molecule has 1 rings (SSSR count). The summed E-state index contributed by atoms with van der Waals surface area (Å²) in [6, 6.07) is 2.02. The lowest BCUT2D eigenvalue weighted by Crippen LogP contribution is -2.18. The topological polar surface area (TPSA) is 48.1 Å². The Hall–Kier alpha value is -1.37. The largest absolute Gasteiger partial charge is 0.477 e. The Bertz CT molecular complexity index is 495. The lowest BCUT2D eigenvalue weighted by molar-refractivity contribution is -0.141. The van der Waals surface area contributed by atoms with Gasteiger partial charge in [-0.05, 0) is 24.0 Å². The van der Waals surface area contributed by atoms with E-state index in [1.54, 1.807) is 0 Å². The van der Waals surface area contributed by atoms with E-state index < -0.39 is 11.9 Å². The first kappa shape index (κ1) is 16.7. The van der Waals surface area contributed by atoms with Gasteiger partial charge in [0, 0.05) is 0 Å². The van der Waals surface area contributed by atoms with Crippen molar-refractivity contribution >= 4 is 17.2 Å². The highest BCUT2D eigenvalue weighted by Gasteiger charge is 2.33. The summed E-state index contributed by atoms with van der Waals surface area (Å²) in [7, 11) is 0. The normalized spacial score (nSPS) is 12.3. The molecule has 0 aromatic carbocycles. The highest BCUT2D eigenvalue weighted by Crippen LogP contribution is 2.30. The molecule has 0 aliphatic carbocycles. The zero-order chi connectivity index (χ0) is 15.6. The summed E-state index contributed by atoms with van der Waals surface area (Å²) in [5.74, 6) is -0.170. The molecule has 0 unspecified atom stereocenters. The number of aromatic nitrogens is 1. The Morgan fingerprint density at radius 1 is 1.30 bits per heavy atom. The molecule has 0 atom stereocenters. The van der Waals surface area contributed by atoms with Crippen molar-refractivity contribution in [2.75, 3.05) is 6.61 Å². The molecule has 3 nitrogen and oxygen atoms in total. The molecule has 0 fully saturated rings. The highest BCUT2D eigenvalue weighted by molar-refractivity contribution is 7.80. The van der Waals surface area contributed by atoms with E-state index in [9.17, 15) is 13.2 Å². The van der Waals surface area contributed by atoms with Crippen LogP contribution in [0.25, 0.3) is 0 Å². The van der Waals surface area contributed by atoms with Crippen molar-refractivity contribution in [3.8, 4) is 5.88 Å². The molecule has 0 amide bonds. The number of alkyl halides is 3. The van der Waals surface area contributed by atoms with Gasteiger partial charge in [0.15, 0.2) is 0 Å². The quantitative estimate of drug-likeness (QED) is 0.864. The monoisotopic (exact) mass is 306 g/mol. The van der Waals surface area contributed by atoms with Crippen LogP contribution in [0, 0.1) is 5.41 Å². The summed E-state index contributed by atoms with van der Waals surface area (Å²) in [6.07, 6.45) is -3.86. The maximum absolute atomic E-state index is 12.6. The molecule has 0 saturated carbocycles. The fourth-order valence-corrected chi connectivity index (χ4v) is 1.51. The molecule has 0 radical (unpaired) electrons. The van der Waals surface area contributed by atoms with Gasteiger partial charge in [-0.2, -0.15) is 13.2 Å². The fourth-order valence-electron chi connectivity index (χ4n) is 1.35. The molecule has 7 heteroatoms. The van der Waals surface area contributed by atoms with E-state index >= 15 is 0 Å². The van der Waals surface area contributed by atoms with Crippen molar-refractivity contribution < 1.29 is 17.9 Å². The minimum absolute atomic E-state index is 0.00498. The molecular weight excluding hydrogens is 289 g/mol. The second-order valence-electron chi connectivity index (χ2n) is 5.57. The van der Waals surface area contributed by atoms with Crippen molar-refractivity contribution in [3.05, 3.63) is 23.4 Å². The third-order valence-electron chi connectivity index (χ3n) is 2.51. The molecule has 1 aromatic heterocycles. The average molecular weight is 306 g/mol. The molecule has 0 saturated heterocycles. The zero-order valence-electron chi connectivity index (χ0n) is 11.5. The van der Waals surface area contributed by atoms with Gasteiger partial charge < -0.3 is 10.5 Å². The third-order valence-corrected chi connectivity index (χ3v) is 2.73. The number of nitrogens with two attached hydrogens (primary N) is 1. The Balaban J connectivity index is 2.98. The fraction of sp³-hybridized carbons (Fsp3) is 0.538. The number of thiocarbonyl (C=S) groups is 1. The smallest absolute Gasteiger partial charge is 0.433 e. The zero-order valence-corrected chi connectivity index (χ0v) is 12.4. The van der Waals surface area contributed by atoms with Crippen LogP contribution in [0.4, 0.5) is 13.2 Å². The number of nitrogens with zero attached hydrogens (tertiary/aromatic N) is 1. The van der Waals surface area contributed by atoms with Crippen LogP contribution in [-0.4, -0.2) is 16.6 Å². The van der Waals surface area contributed by atoms with Gasteiger partial charge in [0.1, 0.15) is 10.7 Å². The minimum Gasteiger partial charge on any atom is -0.477 e. The van der Waals surface area contributed by atoms with Crippen molar-refractivity contribution in [3.63, 3.8) is 0 Å². The van der Waals surface area contributed by atoms with Crippen LogP contribution < -0.4 is 10.5 Å². The molecule has 0 aliphatic heterocycles. The predicted molar refractivity (Wildman–Crippen MR) is 74.7 cm³/mol. The van der Waals surface area contributed by atoms with Crippen molar-refractivity contribution in [2.24, 2.45) is 11.1 Å². The molecule has 0 spiro atoms. The van der Waals surface area contributed by atoms with Crippen LogP contribution in [0.3, 0.4) is 0 Å². The number of ether oxygens (including phenoxy) is 1. The molecule has 20 heavy (non-hydrogen) atoms. The third kappa shape index (κ3) is 4.96. The summed E-state index contributed by atoms with van der Waals surface area (Å²) >= 11 is 4.79. The molecule has 1 aromatic rings. The van der Waals surface area contributed by atoms with Crippen molar-refractivity contribution in [1.82, 2.24) is 4.98 Å². The molecular formula is C13H17F3N2OS. The molecule has 0 aliphatic rings. The van der Waals surface area contributed by atoms with E-state index in [4.69, 9.17) is 22.7 Å². The first-order valence-corrected chi connectivity index (χ1v) is 6.42. The van der Waals surface area contributed by atoms with Gasteiger partial charge in [-0.3, -0.25) is 0 Å². The van der Waals surface area contributed by atoms with Crippen LogP contribution in [0.2, 0.25) is 0 Å². The van der Waals surface area contributed by atoms with Crippen LogP contribution in [-0.2, 0) is 6.18 Å². The maximum Gasteiger partial charge on any atom is 0.433 e. The van der Waals surface area contributed by atoms with E-state index in [-0.39, 0.29) is 28.5 Å². The summed E-state index contributed by atoms with van der Waals surface area (Å²) in [5, 5.41) is 0. The summed E-state index contributed by atoms with van der Waals surface area (Å²) < 4.78 is 43.2. The van der Waals surface area contributed by atoms with Gasteiger partial charge in [-0.15, -0.1) is 0 Å². The second kappa shape index (κ2) is 5.95. The van der Waals surface area contributed by atoms with Crippen LogP contribution in [0.15, 0.2) is 12.1 Å². The van der Waals surface area contributed by atoms with Gasteiger partial charge >= 0.3 is 6.18 Å². The summed E-state index contributed by atoms with van der Waals surface area (Å²) in [4.78, 5) is 3.43. The van der Waals surface area contributed by atoms with E-state index in [2.05, 4.69) is 4.98 Å². The predicted octanol–water partition coefficient (Wildman–Crippen LogP) is 3.55. The standard InChI is InChI=1S/C13H17F3N2OS/c1-12(2,3)6-7-19-11-8(10(17)20)4-5-9(18-11)13(14,15)16/h4-5H,6-7H2,1-3H3,(H2,17,20). The van der Waals surface area contributed by atoms with Gasteiger partial charge in [0.25, 0.3) is 0 Å². The van der Waals surface area contributed by atoms with E-state index in [0.717, 1.165) is 6.07 Å². The Morgan fingerprint density at radius 2 is 1.90 bits per heavy atom. The van der Waals surface area contributed by atoms with E-state index in [1.807, 2.05) is 20.8 Å².